The highest BCUT2D eigenvalue weighted by atomic mass is 16.1. The first-order chi connectivity index (χ1) is 9.06. The summed E-state index contributed by atoms with van der Waals surface area (Å²) in [4.78, 5) is 14.2. The van der Waals surface area contributed by atoms with E-state index in [-0.39, 0.29) is 11.9 Å². The maximum atomic E-state index is 11.8. The quantitative estimate of drug-likeness (QED) is 0.566. The Kier molecular flexibility index (Phi) is 10.9. The van der Waals surface area contributed by atoms with Gasteiger partial charge in [-0.1, -0.05) is 26.7 Å². The summed E-state index contributed by atoms with van der Waals surface area (Å²) in [6, 6.07) is 0.595. The summed E-state index contributed by atoms with van der Waals surface area (Å²) in [7, 11) is 0. The molecule has 3 N–H and O–H groups in total. The summed E-state index contributed by atoms with van der Waals surface area (Å²) in [5.74, 6) is 0.124. The van der Waals surface area contributed by atoms with Crippen molar-refractivity contribution in [2.45, 2.75) is 71.9 Å². The molecule has 1 unspecified atom stereocenters. The maximum absolute atomic E-state index is 11.8. The summed E-state index contributed by atoms with van der Waals surface area (Å²) < 4.78 is 0. The van der Waals surface area contributed by atoms with Gasteiger partial charge in [-0.05, 0) is 33.2 Å². The maximum Gasteiger partial charge on any atom is 0.221 e. The van der Waals surface area contributed by atoms with Crippen LogP contribution in [0.4, 0.5) is 0 Å². The molecule has 0 aliphatic rings. The lowest BCUT2D eigenvalue weighted by Crippen LogP contribution is -2.47. The van der Waals surface area contributed by atoms with E-state index in [0.717, 1.165) is 19.5 Å². The summed E-state index contributed by atoms with van der Waals surface area (Å²) in [6.45, 7) is 11.0. The number of hydrogen-bond acceptors (Lipinski definition) is 3. The summed E-state index contributed by atoms with van der Waals surface area (Å²) in [6.07, 6.45) is 5.13. The van der Waals surface area contributed by atoms with Gasteiger partial charge in [-0.3, -0.25) is 9.69 Å². The molecule has 4 heteroatoms. The van der Waals surface area contributed by atoms with Gasteiger partial charge in [0.25, 0.3) is 0 Å². The first kappa shape index (κ1) is 18.4. The van der Waals surface area contributed by atoms with Gasteiger partial charge in [0.15, 0.2) is 0 Å². The number of nitrogens with zero attached hydrogens (tertiary/aromatic N) is 1. The van der Waals surface area contributed by atoms with E-state index in [9.17, 15) is 4.79 Å². The van der Waals surface area contributed by atoms with E-state index in [1.165, 1.54) is 19.3 Å². The van der Waals surface area contributed by atoms with Crippen molar-refractivity contribution in [2.75, 3.05) is 19.6 Å². The molecular weight excluding hydrogens is 238 g/mol. The van der Waals surface area contributed by atoms with Gasteiger partial charge in [0.2, 0.25) is 5.91 Å². The second-order valence-electron chi connectivity index (χ2n) is 5.48. The van der Waals surface area contributed by atoms with Crippen molar-refractivity contribution < 1.29 is 4.79 Å². The van der Waals surface area contributed by atoms with Crippen LogP contribution in [0.5, 0.6) is 0 Å². The van der Waals surface area contributed by atoms with Crippen LogP contribution in [0.15, 0.2) is 0 Å². The highest BCUT2D eigenvalue weighted by Gasteiger charge is 2.22. The molecule has 0 radical (unpaired) electrons. The second-order valence-corrected chi connectivity index (χ2v) is 5.48. The number of hydrogen-bond donors (Lipinski definition) is 2. The average molecular weight is 271 g/mol. The summed E-state index contributed by atoms with van der Waals surface area (Å²) in [5.41, 5.74) is 5.87. The van der Waals surface area contributed by atoms with Gasteiger partial charge in [-0.15, -0.1) is 0 Å². The van der Waals surface area contributed by atoms with Gasteiger partial charge in [-0.25, -0.2) is 0 Å². The van der Waals surface area contributed by atoms with Crippen LogP contribution in [0, 0.1) is 0 Å². The van der Waals surface area contributed by atoms with Crippen LogP contribution in [-0.2, 0) is 4.79 Å². The van der Waals surface area contributed by atoms with E-state index in [1.54, 1.807) is 0 Å². The Morgan fingerprint density at radius 1 is 1.21 bits per heavy atom. The fraction of sp³-hybridized carbons (Fsp3) is 0.933. The average Bonchev–Trinajstić information content (AvgIpc) is 2.39. The molecule has 1 atom stereocenters. The van der Waals surface area contributed by atoms with Gasteiger partial charge in [0.1, 0.15) is 0 Å². The molecular formula is C15H33N3O. The number of unbranched alkanes of at least 4 members (excludes halogenated alkanes) is 2. The van der Waals surface area contributed by atoms with Gasteiger partial charge in [0.05, 0.1) is 0 Å². The standard InChI is InChI=1S/C15H33N3O/c1-5-7-8-10-18(13(3)4)14(12-16)11-15(19)17-9-6-2/h13-14H,5-12,16H2,1-4H3,(H,17,19). The lowest BCUT2D eigenvalue weighted by atomic mass is 10.1. The zero-order valence-electron chi connectivity index (χ0n) is 13.2. The molecule has 0 aromatic heterocycles. The molecule has 0 saturated heterocycles. The number of nitrogens with one attached hydrogen (secondary N) is 1. The number of rotatable bonds is 11. The van der Waals surface area contributed by atoms with Crippen molar-refractivity contribution in [3.8, 4) is 0 Å². The van der Waals surface area contributed by atoms with Crippen LogP contribution >= 0.6 is 0 Å². The highest BCUT2D eigenvalue weighted by Crippen LogP contribution is 2.11. The summed E-state index contributed by atoms with van der Waals surface area (Å²) in [5, 5.41) is 2.94. The van der Waals surface area contributed by atoms with E-state index in [0.29, 0.717) is 19.0 Å². The van der Waals surface area contributed by atoms with Crippen LogP contribution < -0.4 is 11.1 Å². The normalized spacial score (nSPS) is 13.0. The Balaban J connectivity index is 4.35. The minimum absolute atomic E-state index is 0.124. The Labute approximate surface area is 119 Å². The fourth-order valence-corrected chi connectivity index (χ4v) is 2.29. The Morgan fingerprint density at radius 3 is 2.37 bits per heavy atom. The lowest BCUT2D eigenvalue weighted by molar-refractivity contribution is -0.122. The third-order valence-corrected chi connectivity index (χ3v) is 3.42. The van der Waals surface area contributed by atoms with Gasteiger partial charge < -0.3 is 11.1 Å². The van der Waals surface area contributed by atoms with E-state index >= 15 is 0 Å². The predicted molar refractivity (Wildman–Crippen MR) is 82.1 cm³/mol. The fourth-order valence-electron chi connectivity index (χ4n) is 2.29. The monoisotopic (exact) mass is 271 g/mol. The first-order valence-electron chi connectivity index (χ1n) is 7.79. The van der Waals surface area contributed by atoms with Gasteiger partial charge in [-0.2, -0.15) is 0 Å². The smallest absolute Gasteiger partial charge is 0.221 e. The molecule has 0 aliphatic carbocycles. The van der Waals surface area contributed by atoms with Crippen LogP contribution in [0.25, 0.3) is 0 Å². The van der Waals surface area contributed by atoms with Crippen LogP contribution in [0.1, 0.15) is 59.8 Å². The lowest BCUT2D eigenvalue weighted by Gasteiger charge is -2.34. The summed E-state index contributed by atoms with van der Waals surface area (Å²) >= 11 is 0. The zero-order valence-corrected chi connectivity index (χ0v) is 13.2. The molecule has 0 aromatic carbocycles. The number of carbonyl (C=O) groups is 1. The predicted octanol–water partition coefficient (Wildman–Crippen LogP) is 2.13. The Morgan fingerprint density at radius 2 is 1.89 bits per heavy atom. The Hall–Kier alpha value is -0.610. The third-order valence-electron chi connectivity index (χ3n) is 3.42. The molecule has 0 spiro atoms. The van der Waals surface area contributed by atoms with E-state index in [4.69, 9.17) is 5.73 Å². The van der Waals surface area contributed by atoms with Crippen molar-refractivity contribution in [3.63, 3.8) is 0 Å². The molecule has 4 nitrogen and oxygen atoms in total. The molecule has 114 valence electrons. The van der Waals surface area contributed by atoms with Crippen LogP contribution in [0.3, 0.4) is 0 Å². The number of carbonyl (C=O) groups excluding carboxylic acids is 1. The molecule has 0 bridgehead atoms. The molecule has 0 aliphatic heterocycles. The largest absolute Gasteiger partial charge is 0.356 e. The first-order valence-corrected chi connectivity index (χ1v) is 7.79. The molecule has 0 aromatic rings. The molecule has 0 fully saturated rings. The molecule has 1 amide bonds. The minimum Gasteiger partial charge on any atom is -0.356 e. The van der Waals surface area contributed by atoms with Crippen LogP contribution in [-0.4, -0.2) is 42.5 Å². The highest BCUT2D eigenvalue weighted by molar-refractivity contribution is 5.76. The van der Waals surface area contributed by atoms with Crippen molar-refractivity contribution in [2.24, 2.45) is 5.73 Å². The van der Waals surface area contributed by atoms with Crippen molar-refractivity contribution in [3.05, 3.63) is 0 Å². The third kappa shape index (κ3) is 8.22. The SMILES string of the molecule is CCCCCN(C(C)C)C(CN)CC(=O)NCCC. The van der Waals surface area contributed by atoms with E-state index in [2.05, 4.69) is 37.9 Å². The molecule has 0 rings (SSSR count). The molecule has 19 heavy (non-hydrogen) atoms. The molecule has 0 heterocycles. The van der Waals surface area contributed by atoms with Crippen molar-refractivity contribution >= 4 is 5.91 Å². The van der Waals surface area contributed by atoms with E-state index in [1.807, 2.05) is 0 Å². The second kappa shape index (κ2) is 11.2. The minimum atomic E-state index is 0.124. The van der Waals surface area contributed by atoms with Crippen LogP contribution in [0.2, 0.25) is 0 Å². The van der Waals surface area contributed by atoms with Crippen molar-refractivity contribution in [1.29, 1.82) is 0 Å². The van der Waals surface area contributed by atoms with E-state index < -0.39 is 0 Å². The van der Waals surface area contributed by atoms with Gasteiger partial charge in [0, 0.05) is 31.6 Å². The molecule has 0 saturated carbocycles. The van der Waals surface area contributed by atoms with Crippen molar-refractivity contribution in [1.82, 2.24) is 10.2 Å². The number of amides is 1. The Bertz CT molecular complexity index is 231. The zero-order chi connectivity index (χ0) is 14.7. The number of nitrogens with two attached hydrogens (primary N) is 1. The topological polar surface area (TPSA) is 58.4 Å². The van der Waals surface area contributed by atoms with Gasteiger partial charge >= 0.3 is 0 Å².